The van der Waals surface area contributed by atoms with Crippen molar-refractivity contribution in [3.05, 3.63) is 0 Å². The van der Waals surface area contributed by atoms with E-state index in [4.69, 9.17) is 20.7 Å². The van der Waals surface area contributed by atoms with Crippen molar-refractivity contribution in [1.29, 1.82) is 0 Å². The first-order valence-electron chi connectivity index (χ1n) is 2.42. The molecule has 6 heteroatoms. The van der Waals surface area contributed by atoms with Gasteiger partial charge in [-0.3, -0.25) is 15.3 Å². The predicted octanol–water partition coefficient (Wildman–Crippen LogP) is -0.287. The molecule has 0 aromatic carbocycles. The van der Waals surface area contributed by atoms with Crippen molar-refractivity contribution in [3.8, 4) is 0 Å². The molecule has 10 heavy (non-hydrogen) atoms. The maximum atomic E-state index is 9.96. The highest BCUT2D eigenvalue weighted by Gasteiger charge is 2.15. The molecule has 0 saturated carbocycles. The third-order valence-electron chi connectivity index (χ3n) is 0.805. The molecule has 0 amide bonds. The smallest absolute Gasteiger partial charge is 0.312 e. The molecular weight excluding hydrogens is 159 g/mol. The van der Waals surface area contributed by atoms with Crippen LogP contribution in [-0.2, 0) is 4.79 Å². The number of rotatable bonds is 2. The molecule has 0 heterocycles. The van der Waals surface area contributed by atoms with Gasteiger partial charge in [-0.2, -0.15) is 0 Å². The van der Waals surface area contributed by atoms with Gasteiger partial charge in [-0.05, 0) is 6.92 Å². The molecule has 0 spiro atoms. The van der Waals surface area contributed by atoms with Gasteiger partial charge in [0.2, 0.25) is 0 Å². The monoisotopic (exact) mass is 170 g/mol. The van der Waals surface area contributed by atoms with Gasteiger partial charge in [-0.1, -0.05) is 0 Å². The average molecular weight is 170 g/mol. The Hall–Kier alpha value is -0.220. The molecule has 0 aliphatic rings. The second kappa shape index (κ2) is 6.89. The Kier molecular flexibility index (Phi) is 8.59. The van der Waals surface area contributed by atoms with Gasteiger partial charge in [-0.25, -0.2) is 0 Å². The SMILES string of the molecule is CC(O)C(P)C(=O)O.OO. The second-order valence-electron chi connectivity index (χ2n) is 1.60. The Balaban J connectivity index is 0. The summed E-state index contributed by atoms with van der Waals surface area (Å²) < 4.78 is 0. The van der Waals surface area contributed by atoms with Crippen molar-refractivity contribution < 1.29 is 25.5 Å². The molecule has 0 aromatic heterocycles. The van der Waals surface area contributed by atoms with Crippen LogP contribution in [-0.4, -0.2) is 38.5 Å². The summed E-state index contributed by atoms with van der Waals surface area (Å²) in [5.74, 6) is -0.995. The maximum absolute atomic E-state index is 9.96. The predicted molar refractivity (Wildman–Crippen MR) is 38.1 cm³/mol. The molecule has 3 unspecified atom stereocenters. The highest BCUT2D eigenvalue weighted by Crippen LogP contribution is 2.04. The maximum Gasteiger partial charge on any atom is 0.312 e. The van der Waals surface area contributed by atoms with Crippen LogP contribution in [0.5, 0.6) is 0 Å². The van der Waals surface area contributed by atoms with Gasteiger partial charge in [0, 0.05) is 0 Å². The molecule has 0 saturated heterocycles. The van der Waals surface area contributed by atoms with Crippen LogP contribution in [0.1, 0.15) is 6.92 Å². The van der Waals surface area contributed by atoms with Crippen LogP contribution < -0.4 is 0 Å². The molecule has 5 nitrogen and oxygen atoms in total. The minimum atomic E-state index is -0.995. The van der Waals surface area contributed by atoms with E-state index in [-0.39, 0.29) is 0 Å². The molecule has 0 bridgehead atoms. The Bertz CT molecular complexity index is 93.6. The van der Waals surface area contributed by atoms with Gasteiger partial charge in [0.1, 0.15) is 0 Å². The molecule has 3 atom stereocenters. The summed E-state index contributed by atoms with van der Waals surface area (Å²) in [5, 5.41) is 28.8. The van der Waals surface area contributed by atoms with Crippen molar-refractivity contribution in [2.45, 2.75) is 18.7 Å². The highest BCUT2D eigenvalue weighted by atomic mass is 31.0. The number of carboxylic acid groups (broad SMARTS) is 1. The fourth-order valence-electron chi connectivity index (χ4n) is 0.206. The number of hydrogen-bond donors (Lipinski definition) is 4. The number of aliphatic carboxylic acids is 1. The molecule has 0 aliphatic heterocycles. The molecule has 0 fully saturated rings. The lowest BCUT2D eigenvalue weighted by atomic mass is 10.3. The number of aliphatic hydroxyl groups excluding tert-OH is 1. The van der Waals surface area contributed by atoms with Crippen LogP contribution >= 0.6 is 9.24 Å². The lowest BCUT2D eigenvalue weighted by Gasteiger charge is -2.06. The summed E-state index contributed by atoms with van der Waals surface area (Å²) in [6, 6.07) is 0. The summed E-state index contributed by atoms with van der Waals surface area (Å²) in [7, 11) is 2.04. The van der Waals surface area contributed by atoms with Gasteiger partial charge in [-0.15, -0.1) is 9.24 Å². The van der Waals surface area contributed by atoms with Gasteiger partial charge in [0.15, 0.2) is 0 Å². The van der Waals surface area contributed by atoms with E-state index in [0.29, 0.717) is 0 Å². The summed E-state index contributed by atoms with van der Waals surface area (Å²) in [6.45, 7) is 1.44. The standard InChI is InChI=1S/C4H9O3P.H2O2/c1-2(5)3(8)4(6)7;1-2/h2-3,5H,8H2,1H3,(H,6,7);1-2H. The zero-order chi connectivity index (χ0) is 8.73. The van der Waals surface area contributed by atoms with E-state index in [1.807, 2.05) is 9.24 Å². The zero-order valence-corrected chi connectivity index (χ0v) is 6.58. The number of hydrogen-bond acceptors (Lipinski definition) is 4. The summed E-state index contributed by atoms with van der Waals surface area (Å²) >= 11 is 0. The first-order chi connectivity index (χ1) is 4.55. The lowest BCUT2D eigenvalue weighted by molar-refractivity contribution is -0.176. The van der Waals surface area contributed by atoms with Gasteiger partial charge in [0.25, 0.3) is 0 Å². The Morgan fingerprint density at radius 2 is 1.80 bits per heavy atom. The first kappa shape index (κ1) is 12.5. The molecule has 62 valence electrons. The Labute approximate surface area is 60.4 Å². The molecule has 0 aromatic rings. The van der Waals surface area contributed by atoms with E-state index >= 15 is 0 Å². The highest BCUT2D eigenvalue weighted by molar-refractivity contribution is 7.19. The summed E-state index contributed by atoms with van der Waals surface area (Å²) in [5.41, 5.74) is -0.741. The largest absolute Gasteiger partial charge is 0.481 e. The minimum Gasteiger partial charge on any atom is -0.481 e. The van der Waals surface area contributed by atoms with E-state index in [1.54, 1.807) is 0 Å². The van der Waals surface area contributed by atoms with Crippen molar-refractivity contribution in [2.24, 2.45) is 0 Å². The van der Waals surface area contributed by atoms with Gasteiger partial charge >= 0.3 is 5.97 Å². The van der Waals surface area contributed by atoms with E-state index < -0.39 is 17.7 Å². The van der Waals surface area contributed by atoms with Crippen molar-refractivity contribution in [2.75, 3.05) is 0 Å². The molecular formula is C4H11O5P. The van der Waals surface area contributed by atoms with Gasteiger partial charge < -0.3 is 10.2 Å². The number of carboxylic acids is 1. The number of carbonyl (C=O) groups is 1. The van der Waals surface area contributed by atoms with Crippen LogP contribution in [0.4, 0.5) is 0 Å². The minimum absolute atomic E-state index is 0.741. The van der Waals surface area contributed by atoms with Gasteiger partial charge in [0.05, 0.1) is 11.8 Å². The quantitative estimate of drug-likeness (QED) is 0.259. The second-order valence-corrected chi connectivity index (χ2v) is 2.32. The average Bonchev–Trinajstić information content (AvgIpc) is 1.90. The van der Waals surface area contributed by atoms with Crippen molar-refractivity contribution >= 4 is 15.2 Å². The van der Waals surface area contributed by atoms with Crippen LogP contribution in [0.15, 0.2) is 0 Å². The normalized spacial score (nSPS) is 14.5. The fourth-order valence-corrected chi connectivity index (χ4v) is 0.206. The van der Waals surface area contributed by atoms with E-state index in [1.165, 1.54) is 6.92 Å². The third-order valence-corrected chi connectivity index (χ3v) is 1.65. The van der Waals surface area contributed by atoms with Crippen LogP contribution in [0, 0.1) is 0 Å². The van der Waals surface area contributed by atoms with Crippen LogP contribution in [0.3, 0.4) is 0 Å². The molecule has 0 aliphatic carbocycles. The third kappa shape index (κ3) is 5.91. The van der Waals surface area contributed by atoms with Crippen LogP contribution in [0.25, 0.3) is 0 Å². The molecule has 0 radical (unpaired) electrons. The van der Waals surface area contributed by atoms with Crippen LogP contribution in [0.2, 0.25) is 0 Å². The summed E-state index contributed by atoms with van der Waals surface area (Å²) in [4.78, 5) is 9.96. The first-order valence-corrected chi connectivity index (χ1v) is 3.09. The summed E-state index contributed by atoms with van der Waals surface area (Å²) in [6.07, 6.45) is -0.794. The fraction of sp³-hybridized carbons (Fsp3) is 0.750. The number of aliphatic hydroxyl groups is 1. The molecule has 0 rings (SSSR count). The van der Waals surface area contributed by atoms with E-state index in [0.717, 1.165) is 0 Å². The van der Waals surface area contributed by atoms with E-state index in [9.17, 15) is 4.79 Å². The lowest BCUT2D eigenvalue weighted by Crippen LogP contribution is -2.25. The Morgan fingerprint density at radius 3 is 1.80 bits per heavy atom. The van der Waals surface area contributed by atoms with Crippen molar-refractivity contribution in [1.82, 2.24) is 0 Å². The zero-order valence-electron chi connectivity index (χ0n) is 5.43. The Morgan fingerprint density at radius 1 is 1.50 bits per heavy atom. The topological polar surface area (TPSA) is 98.0 Å². The van der Waals surface area contributed by atoms with E-state index in [2.05, 4.69) is 0 Å². The van der Waals surface area contributed by atoms with Crippen molar-refractivity contribution in [3.63, 3.8) is 0 Å². The molecule has 4 N–H and O–H groups in total.